The van der Waals surface area contributed by atoms with Crippen LogP contribution in [0.5, 0.6) is 0 Å². The lowest BCUT2D eigenvalue weighted by Crippen LogP contribution is -2.18. The number of H-pyrrole nitrogens is 1. The summed E-state index contributed by atoms with van der Waals surface area (Å²) in [5.41, 5.74) is 2.35. The van der Waals surface area contributed by atoms with Gasteiger partial charge in [-0.1, -0.05) is 48.5 Å². The number of benzene rings is 2. The van der Waals surface area contributed by atoms with Crippen molar-refractivity contribution >= 4 is 23.2 Å². The van der Waals surface area contributed by atoms with Crippen molar-refractivity contribution in [2.45, 2.75) is 12.8 Å². The topological polar surface area (TPSA) is 86.9 Å². The molecule has 0 fully saturated rings. The average molecular weight is 334 g/mol. The molecule has 3 aromatic rings. The summed E-state index contributed by atoms with van der Waals surface area (Å²) >= 11 is 0. The molecule has 0 atom stereocenters. The average Bonchev–Trinajstić information content (AvgIpc) is 3.10. The van der Waals surface area contributed by atoms with Gasteiger partial charge < -0.3 is 10.6 Å². The lowest BCUT2D eigenvalue weighted by molar-refractivity contribution is -0.116. The Morgan fingerprint density at radius 1 is 0.920 bits per heavy atom. The standard InChI is InChI=1S/C19H18N4O2/c24-17(12-11-14-7-3-1-4-8-14)22-16-13-20-23-18(16)19(25)21-15-9-5-2-6-10-15/h1-10,13H,11-12H2,(H,20,23)(H,21,25)(H,22,24). The Kier molecular flexibility index (Phi) is 5.21. The van der Waals surface area contributed by atoms with Crippen LogP contribution in [0.25, 0.3) is 0 Å². The van der Waals surface area contributed by atoms with Crippen LogP contribution in [0.1, 0.15) is 22.5 Å². The van der Waals surface area contributed by atoms with Crippen LogP contribution in [0.3, 0.4) is 0 Å². The SMILES string of the molecule is O=C(CCc1ccccc1)Nc1cn[nH]c1C(=O)Nc1ccccc1. The number of hydrogen-bond donors (Lipinski definition) is 3. The quantitative estimate of drug-likeness (QED) is 0.647. The van der Waals surface area contributed by atoms with Gasteiger partial charge in [0.15, 0.2) is 0 Å². The van der Waals surface area contributed by atoms with E-state index in [0.29, 0.717) is 24.2 Å². The molecule has 0 unspecified atom stereocenters. The summed E-state index contributed by atoms with van der Waals surface area (Å²) in [5, 5.41) is 12.0. The minimum atomic E-state index is -0.359. The molecule has 0 spiro atoms. The van der Waals surface area contributed by atoms with Crippen LogP contribution in [0.15, 0.2) is 66.9 Å². The lowest BCUT2D eigenvalue weighted by atomic mass is 10.1. The molecule has 1 aromatic heterocycles. The molecule has 0 aliphatic rings. The van der Waals surface area contributed by atoms with Gasteiger partial charge in [0.1, 0.15) is 5.69 Å². The van der Waals surface area contributed by atoms with Crippen LogP contribution in [0.2, 0.25) is 0 Å². The number of para-hydroxylation sites is 1. The first-order valence-electron chi connectivity index (χ1n) is 7.96. The highest BCUT2D eigenvalue weighted by Gasteiger charge is 2.16. The minimum Gasteiger partial charge on any atom is -0.323 e. The number of amides is 2. The van der Waals surface area contributed by atoms with Crippen molar-refractivity contribution in [2.75, 3.05) is 10.6 Å². The van der Waals surface area contributed by atoms with Crippen LogP contribution in [0.4, 0.5) is 11.4 Å². The first kappa shape index (κ1) is 16.4. The number of nitrogens with one attached hydrogen (secondary N) is 3. The fourth-order valence-electron chi connectivity index (χ4n) is 2.38. The normalized spacial score (nSPS) is 10.2. The highest BCUT2D eigenvalue weighted by molar-refractivity contribution is 6.08. The molecule has 0 radical (unpaired) electrons. The molecule has 2 amide bonds. The zero-order chi connectivity index (χ0) is 17.5. The van der Waals surface area contributed by atoms with E-state index >= 15 is 0 Å². The highest BCUT2D eigenvalue weighted by Crippen LogP contribution is 2.15. The maximum absolute atomic E-state index is 12.3. The van der Waals surface area contributed by atoms with E-state index in [1.165, 1.54) is 6.20 Å². The van der Waals surface area contributed by atoms with E-state index in [9.17, 15) is 9.59 Å². The molecule has 25 heavy (non-hydrogen) atoms. The molecule has 126 valence electrons. The number of aryl methyl sites for hydroxylation is 1. The van der Waals surface area contributed by atoms with E-state index in [1.807, 2.05) is 48.5 Å². The van der Waals surface area contributed by atoms with Crippen molar-refractivity contribution in [3.05, 3.63) is 78.1 Å². The summed E-state index contributed by atoms with van der Waals surface area (Å²) in [6, 6.07) is 18.9. The molecule has 6 nitrogen and oxygen atoms in total. The van der Waals surface area contributed by atoms with E-state index < -0.39 is 0 Å². The zero-order valence-corrected chi connectivity index (χ0v) is 13.5. The summed E-state index contributed by atoms with van der Waals surface area (Å²) in [5.74, 6) is -0.527. The van der Waals surface area contributed by atoms with Gasteiger partial charge in [-0.05, 0) is 24.1 Å². The van der Waals surface area contributed by atoms with Gasteiger partial charge in [-0.25, -0.2) is 0 Å². The van der Waals surface area contributed by atoms with E-state index in [1.54, 1.807) is 12.1 Å². The van der Waals surface area contributed by atoms with Crippen LogP contribution in [-0.2, 0) is 11.2 Å². The van der Waals surface area contributed by atoms with Gasteiger partial charge in [-0.15, -0.1) is 0 Å². The number of rotatable bonds is 6. The molecular formula is C19H18N4O2. The largest absolute Gasteiger partial charge is 0.323 e. The van der Waals surface area contributed by atoms with Gasteiger partial charge in [0, 0.05) is 12.1 Å². The predicted octanol–water partition coefficient (Wildman–Crippen LogP) is 3.23. The predicted molar refractivity (Wildman–Crippen MR) is 96.4 cm³/mol. The third kappa shape index (κ3) is 4.54. The number of hydrogen-bond acceptors (Lipinski definition) is 3. The Hall–Kier alpha value is -3.41. The lowest BCUT2D eigenvalue weighted by Gasteiger charge is -2.07. The number of anilines is 2. The van der Waals surface area contributed by atoms with Gasteiger partial charge in [0.2, 0.25) is 5.91 Å². The molecule has 2 aromatic carbocycles. The molecule has 3 N–H and O–H groups in total. The van der Waals surface area contributed by atoms with E-state index in [-0.39, 0.29) is 17.5 Å². The van der Waals surface area contributed by atoms with Crippen molar-refractivity contribution in [2.24, 2.45) is 0 Å². The van der Waals surface area contributed by atoms with Crippen molar-refractivity contribution in [3.8, 4) is 0 Å². The fourth-order valence-corrected chi connectivity index (χ4v) is 2.38. The summed E-state index contributed by atoms with van der Waals surface area (Å²) < 4.78 is 0. The third-order valence-corrected chi connectivity index (χ3v) is 3.66. The maximum atomic E-state index is 12.3. The molecule has 0 saturated heterocycles. The molecule has 3 rings (SSSR count). The number of carbonyl (C=O) groups is 2. The van der Waals surface area contributed by atoms with Crippen molar-refractivity contribution in [1.29, 1.82) is 0 Å². The van der Waals surface area contributed by atoms with Gasteiger partial charge >= 0.3 is 0 Å². The monoisotopic (exact) mass is 334 g/mol. The second kappa shape index (κ2) is 7.92. The fraction of sp³-hybridized carbons (Fsp3) is 0.105. The molecule has 1 heterocycles. The number of aromatic nitrogens is 2. The molecule has 6 heteroatoms. The second-order valence-corrected chi connectivity index (χ2v) is 5.51. The smallest absolute Gasteiger partial charge is 0.275 e. The molecular weight excluding hydrogens is 316 g/mol. The number of nitrogens with zero attached hydrogens (tertiary/aromatic N) is 1. The van der Waals surface area contributed by atoms with Gasteiger partial charge in [-0.3, -0.25) is 14.7 Å². The van der Waals surface area contributed by atoms with Gasteiger partial charge in [0.05, 0.1) is 11.9 Å². The summed E-state index contributed by atoms with van der Waals surface area (Å²) in [4.78, 5) is 24.5. The number of aromatic amines is 1. The van der Waals surface area contributed by atoms with Crippen molar-refractivity contribution < 1.29 is 9.59 Å². The van der Waals surface area contributed by atoms with E-state index in [2.05, 4.69) is 20.8 Å². The first-order valence-corrected chi connectivity index (χ1v) is 7.96. The maximum Gasteiger partial charge on any atom is 0.275 e. The summed E-state index contributed by atoms with van der Waals surface area (Å²) in [6.45, 7) is 0. The number of carbonyl (C=O) groups excluding carboxylic acids is 2. The van der Waals surface area contributed by atoms with Gasteiger partial charge in [-0.2, -0.15) is 5.10 Å². The minimum absolute atomic E-state index is 0.168. The molecule has 0 bridgehead atoms. The zero-order valence-electron chi connectivity index (χ0n) is 13.5. The first-order chi connectivity index (χ1) is 12.2. The Bertz CT molecular complexity index is 844. The third-order valence-electron chi connectivity index (χ3n) is 3.66. The van der Waals surface area contributed by atoms with Crippen molar-refractivity contribution in [3.63, 3.8) is 0 Å². The van der Waals surface area contributed by atoms with E-state index in [0.717, 1.165) is 5.56 Å². The van der Waals surface area contributed by atoms with Crippen molar-refractivity contribution in [1.82, 2.24) is 10.2 Å². The molecule has 0 aliphatic carbocycles. The second-order valence-electron chi connectivity index (χ2n) is 5.51. The Labute approximate surface area is 145 Å². The Morgan fingerprint density at radius 3 is 2.32 bits per heavy atom. The van der Waals surface area contributed by atoms with Gasteiger partial charge in [0.25, 0.3) is 5.91 Å². The van der Waals surface area contributed by atoms with Crippen LogP contribution >= 0.6 is 0 Å². The Morgan fingerprint density at radius 2 is 1.60 bits per heavy atom. The highest BCUT2D eigenvalue weighted by atomic mass is 16.2. The van der Waals surface area contributed by atoms with Crippen LogP contribution in [0, 0.1) is 0 Å². The molecule has 0 aliphatic heterocycles. The summed E-state index contributed by atoms with van der Waals surface area (Å²) in [7, 11) is 0. The van der Waals surface area contributed by atoms with E-state index in [4.69, 9.17) is 0 Å². The summed E-state index contributed by atoms with van der Waals surface area (Å²) in [6.07, 6.45) is 2.39. The Balaban J connectivity index is 1.59. The van der Waals surface area contributed by atoms with Crippen LogP contribution in [-0.4, -0.2) is 22.0 Å². The van der Waals surface area contributed by atoms with Crippen LogP contribution < -0.4 is 10.6 Å². The molecule has 0 saturated carbocycles.